The normalized spacial score (nSPS) is 21.4. The Labute approximate surface area is 102 Å². The smallest absolute Gasteiger partial charge is 0.152 e. The van der Waals surface area contributed by atoms with Gasteiger partial charge in [0.1, 0.15) is 5.52 Å². The molecule has 2 aromatic rings. The third kappa shape index (κ3) is 1.74. The number of fused-ring (bicyclic) bond motifs is 1. The molecule has 0 saturated carbocycles. The van der Waals surface area contributed by atoms with Crippen molar-refractivity contribution in [1.29, 1.82) is 0 Å². The topological polar surface area (TPSA) is 39.9 Å². The van der Waals surface area contributed by atoms with Gasteiger partial charge in [-0.05, 0) is 37.5 Å². The van der Waals surface area contributed by atoms with Gasteiger partial charge >= 0.3 is 0 Å². The fraction of sp³-hybridized carbons (Fsp3) is 0.455. The van der Waals surface area contributed by atoms with Crippen molar-refractivity contribution in [3.05, 3.63) is 22.7 Å². The van der Waals surface area contributed by atoms with E-state index in [0.29, 0.717) is 0 Å². The van der Waals surface area contributed by atoms with Gasteiger partial charge in [-0.2, -0.15) is 0 Å². The molecule has 0 radical (unpaired) electrons. The van der Waals surface area contributed by atoms with Crippen LogP contribution in [0.5, 0.6) is 0 Å². The molecule has 0 bridgehead atoms. The first-order chi connectivity index (χ1) is 7.84. The number of aromatic nitrogens is 3. The van der Waals surface area contributed by atoms with E-state index in [1.807, 2.05) is 22.9 Å². The molecular formula is C11H12BrN3O. The van der Waals surface area contributed by atoms with Gasteiger partial charge in [-0.1, -0.05) is 21.1 Å². The average Bonchev–Trinajstić information content (AvgIpc) is 2.73. The van der Waals surface area contributed by atoms with Gasteiger partial charge < -0.3 is 4.74 Å². The van der Waals surface area contributed by atoms with Crippen molar-refractivity contribution >= 4 is 27.0 Å². The third-order valence-corrected chi connectivity index (χ3v) is 3.35. The van der Waals surface area contributed by atoms with E-state index in [0.717, 1.165) is 35.0 Å². The van der Waals surface area contributed by atoms with Crippen LogP contribution in [0.3, 0.4) is 0 Å². The van der Waals surface area contributed by atoms with Gasteiger partial charge in [0.15, 0.2) is 6.23 Å². The molecule has 1 atom stereocenters. The first kappa shape index (κ1) is 10.2. The fourth-order valence-corrected chi connectivity index (χ4v) is 2.39. The maximum atomic E-state index is 5.72. The summed E-state index contributed by atoms with van der Waals surface area (Å²) in [6.07, 6.45) is 3.41. The molecule has 1 aliphatic heterocycles. The Morgan fingerprint density at radius 2 is 2.31 bits per heavy atom. The van der Waals surface area contributed by atoms with Crippen molar-refractivity contribution < 1.29 is 4.74 Å². The van der Waals surface area contributed by atoms with E-state index >= 15 is 0 Å². The molecule has 1 aromatic carbocycles. The summed E-state index contributed by atoms with van der Waals surface area (Å²) < 4.78 is 8.64. The van der Waals surface area contributed by atoms with Crippen LogP contribution >= 0.6 is 15.9 Å². The standard InChI is InChI=1S/C11H12BrN3O/c12-8-4-5-9-10(7-8)15(14-13-9)11-3-1-2-6-16-11/h4-5,7,11H,1-3,6H2. The van der Waals surface area contributed by atoms with Crippen LogP contribution in [0.25, 0.3) is 11.0 Å². The molecule has 2 heterocycles. The van der Waals surface area contributed by atoms with Gasteiger partial charge in [0.25, 0.3) is 0 Å². The van der Waals surface area contributed by atoms with Crippen molar-refractivity contribution in [2.45, 2.75) is 25.5 Å². The lowest BCUT2D eigenvalue weighted by molar-refractivity contribution is -0.0377. The van der Waals surface area contributed by atoms with Gasteiger partial charge in [-0.15, -0.1) is 5.10 Å². The predicted octanol–water partition coefficient (Wildman–Crippen LogP) is 2.89. The van der Waals surface area contributed by atoms with Crippen LogP contribution in [0.1, 0.15) is 25.5 Å². The molecule has 0 aliphatic carbocycles. The quantitative estimate of drug-likeness (QED) is 0.807. The van der Waals surface area contributed by atoms with Crippen LogP contribution in [0.2, 0.25) is 0 Å². The Morgan fingerprint density at radius 1 is 1.38 bits per heavy atom. The number of hydrogen-bond donors (Lipinski definition) is 0. The summed E-state index contributed by atoms with van der Waals surface area (Å²) in [5.41, 5.74) is 1.94. The summed E-state index contributed by atoms with van der Waals surface area (Å²) in [5, 5.41) is 8.33. The molecule has 1 aromatic heterocycles. The molecule has 0 N–H and O–H groups in total. The maximum absolute atomic E-state index is 5.72. The van der Waals surface area contributed by atoms with Crippen LogP contribution in [-0.4, -0.2) is 21.6 Å². The summed E-state index contributed by atoms with van der Waals surface area (Å²) in [5.74, 6) is 0. The SMILES string of the molecule is Brc1ccc2nnn(C3CCCCO3)c2c1. The van der Waals surface area contributed by atoms with E-state index in [1.165, 1.54) is 6.42 Å². The average molecular weight is 282 g/mol. The van der Waals surface area contributed by atoms with E-state index in [2.05, 4.69) is 26.2 Å². The summed E-state index contributed by atoms with van der Waals surface area (Å²) >= 11 is 3.47. The van der Waals surface area contributed by atoms with Crippen LogP contribution in [0, 0.1) is 0 Å². The van der Waals surface area contributed by atoms with Gasteiger partial charge in [0.2, 0.25) is 0 Å². The lowest BCUT2D eigenvalue weighted by Crippen LogP contribution is -2.19. The highest BCUT2D eigenvalue weighted by molar-refractivity contribution is 9.10. The number of halogens is 1. The molecule has 1 aliphatic rings. The number of rotatable bonds is 1. The highest BCUT2D eigenvalue weighted by atomic mass is 79.9. The fourth-order valence-electron chi connectivity index (χ4n) is 2.04. The van der Waals surface area contributed by atoms with E-state index in [9.17, 15) is 0 Å². The highest BCUT2D eigenvalue weighted by Gasteiger charge is 2.19. The molecule has 1 unspecified atom stereocenters. The van der Waals surface area contributed by atoms with Gasteiger partial charge in [0.05, 0.1) is 5.52 Å². The summed E-state index contributed by atoms with van der Waals surface area (Å²) in [6.45, 7) is 0.819. The van der Waals surface area contributed by atoms with Crippen LogP contribution in [0.4, 0.5) is 0 Å². The third-order valence-electron chi connectivity index (χ3n) is 2.86. The molecule has 5 heteroatoms. The highest BCUT2D eigenvalue weighted by Crippen LogP contribution is 2.26. The molecule has 0 spiro atoms. The first-order valence-corrected chi connectivity index (χ1v) is 6.26. The zero-order valence-electron chi connectivity index (χ0n) is 8.77. The number of nitrogens with zero attached hydrogens (tertiary/aromatic N) is 3. The Balaban J connectivity index is 2.05. The largest absolute Gasteiger partial charge is 0.356 e. The lowest BCUT2D eigenvalue weighted by Gasteiger charge is -2.22. The lowest BCUT2D eigenvalue weighted by atomic mass is 10.2. The maximum Gasteiger partial charge on any atom is 0.152 e. The Morgan fingerprint density at radius 3 is 3.12 bits per heavy atom. The van der Waals surface area contributed by atoms with E-state index in [-0.39, 0.29) is 6.23 Å². The molecule has 3 rings (SSSR count). The minimum absolute atomic E-state index is 0.0491. The zero-order chi connectivity index (χ0) is 11.0. The Kier molecular flexibility index (Phi) is 2.65. The van der Waals surface area contributed by atoms with Crippen LogP contribution in [0.15, 0.2) is 22.7 Å². The number of hydrogen-bond acceptors (Lipinski definition) is 3. The second-order valence-corrected chi connectivity index (χ2v) is 4.90. The molecule has 16 heavy (non-hydrogen) atoms. The number of benzene rings is 1. The van der Waals surface area contributed by atoms with Gasteiger partial charge in [0, 0.05) is 11.1 Å². The minimum Gasteiger partial charge on any atom is -0.356 e. The molecule has 1 saturated heterocycles. The molecule has 4 nitrogen and oxygen atoms in total. The Hall–Kier alpha value is -0.940. The van der Waals surface area contributed by atoms with Crippen molar-refractivity contribution in [2.75, 3.05) is 6.61 Å². The Bertz CT molecular complexity index is 505. The van der Waals surface area contributed by atoms with Crippen molar-refractivity contribution in [3.63, 3.8) is 0 Å². The molecular weight excluding hydrogens is 270 g/mol. The van der Waals surface area contributed by atoms with Crippen molar-refractivity contribution in [2.24, 2.45) is 0 Å². The van der Waals surface area contributed by atoms with Crippen molar-refractivity contribution in [3.8, 4) is 0 Å². The summed E-state index contributed by atoms with van der Waals surface area (Å²) in [6, 6.07) is 5.97. The number of ether oxygens (including phenoxy) is 1. The monoisotopic (exact) mass is 281 g/mol. The first-order valence-electron chi connectivity index (χ1n) is 5.47. The van der Waals surface area contributed by atoms with Crippen LogP contribution < -0.4 is 0 Å². The van der Waals surface area contributed by atoms with E-state index < -0.39 is 0 Å². The predicted molar refractivity (Wildman–Crippen MR) is 64.1 cm³/mol. The van der Waals surface area contributed by atoms with Gasteiger partial charge in [-0.25, -0.2) is 4.68 Å². The van der Waals surface area contributed by atoms with Gasteiger partial charge in [-0.3, -0.25) is 0 Å². The van der Waals surface area contributed by atoms with E-state index in [4.69, 9.17) is 4.74 Å². The van der Waals surface area contributed by atoms with E-state index in [1.54, 1.807) is 0 Å². The second kappa shape index (κ2) is 4.14. The summed E-state index contributed by atoms with van der Waals surface area (Å²) in [4.78, 5) is 0. The van der Waals surface area contributed by atoms with Crippen molar-refractivity contribution in [1.82, 2.24) is 15.0 Å². The molecule has 84 valence electrons. The van der Waals surface area contributed by atoms with Crippen LogP contribution in [-0.2, 0) is 4.74 Å². The zero-order valence-corrected chi connectivity index (χ0v) is 10.4. The molecule has 0 amide bonds. The second-order valence-electron chi connectivity index (χ2n) is 3.99. The summed E-state index contributed by atoms with van der Waals surface area (Å²) in [7, 11) is 0. The minimum atomic E-state index is 0.0491. The molecule has 1 fully saturated rings.